The van der Waals surface area contributed by atoms with Gasteiger partial charge < -0.3 is 0 Å². The van der Waals surface area contributed by atoms with Crippen molar-refractivity contribution in [3.8, 4) is 0 Å². The minimum atomic E-state index is -1.76. The Hall–Kier alpha value is -1.25. The second kappa shape index (κ2) is 2.56. The first-order chi connectivity index (χ1) is 4.70. The molecule has 0 radical (unpaired) electrons. The molecule has 1 rings (SSSR count). The zero-order chi connectivity index (χ0) is 7.56. The molecule has 1 nitrogen and oxygen atoms in total. The largest absolute Gasteiger partial charge is 0.290 e. The quantitative estimate of drug-likeness (QED) is 0.504. The van der Waals surface area contributed by atoms with Gasteiger partial charge in [-0.1, -0.05) is 0 Å². The fourth-order valence-corrected chi connectivity index (χ4v) is 0.581. The standard InChI is InChI=1S/C7H4F2O/c8-7(9)5-1-3-6(10)4-2-5/h1-4H. The summed E-state index contributed by atoms with van der Waals surface area (Å²) in [7, 11) is 0. The second-order valence-corrected chi connectivity index (χ2v) is 1.78. The first-order valence-electron chi connectivity index (χ1n) is 2.65. The maximum atomic E-state index is 11.7. The minimum Gasteiger partial charge on any atom is -0.290 e. The van der Waals surface area contributed by atoms with Crippen LogP contribution >= 0.6 is 0 Å². The summed E-state index contributed by atoms with van der Waals surface area (Å²) in [5.41, 5.74) is -0.195. The van der Waals surface area contributed by atoms with Crippen molar-refractivity contribution < 1.29 is 13.6 Å². The monoisotopic (exact) mass is 142 g/mol. The van der Waals surface area contributed by atoms with E-state index in [4.69, 9.17) is 0 Å². The molecule has 0 aromatic heterocycles. The molecule has 10 heavy (non-hydrogen) atoms. The number of ketones is 1. The number of carbonyl (C=O) groups is 1. The zero-order valence-corrected chi connectivity index (χ0v) is 4.97. The van der Waals surface area contributed by atoms with Crippen molar-refractivity contribution in [1.29, 1.82) is 0 Å². The smallest absolute Gasteiger partial charge is 0.277 e. The fraction of sp³-hybridized carbons (Fsp3) is 0. The summed E-state index contributed by atoms with van der Waals surface area (Å²) in [5.74, 6) is -0.259. The molecule has 0 atom stereocenters. The molecule has 0 saturated heterocycles. The van der Waals surface area contributed by atoms with Gasteiger partial charge in [0.15, 0.2) is 5.78 Å². The van der Waals surface area contributed by atoms with Gasteiger partial charge in [-0.2, -0.15) is 8.78 Å². The van der Waals surface area contributed by atoms with Crippen LogP contribution in [-0.2, 0) is 4.79 Å². The van der Waals surface area contributed by atoms with E-state index >= 15 is 0 Å². The minimum absolute atomic E-state index is 0.195. The number of hydrogen-bond donors (Lipinski definition) is 0. The molecule has 0 aliphatic heterocycles. The molecule has 0 heterocycles. The van der Waals surface area contributed by atoms with Gasteiger partial charge in [0.1, 0.15) is 0 Å². The van der Waals surface area contributed by atoms with Crippen molar-refractivity contribution in [3.05, 3.63) is 36.0 Å². The number of halogens is 2. The molecular weight excluding hydrogens is 138 g/mol. The summed E-state index contributed by atoms with van der Waals surface area (Å²) in [6.45, 7) is 0. The summed E-state index contributed by atoms with van der Waals surface area (Å²) >= 11 is 0. The number of hydrogen-bond acceptors (Lipinski definition) is 1. The molecule has 1 aliphatic rings. The van der Waals surface area contributed by atoms with E-state index < -0.39 is 6.08 Å². The van der Waals surface area contributed by atoms with Gasteiger partial charge in [0.25, 0.3) is 6.08 Å². The lowest BCUT2D eigenvalue weighted by atomic mass is 10.1. The third-order valence-corrected chi connectivity index (χ3v) is 1.07. The number of allylic oxidation sites excluding steroid dienone is 5. The van der Waals surface area contributed by atoms with Gasteiger partial charge in [0.05, 0.1) is 0 Å². The number of carbonyl (C=O) groups excluding carboxylic acids is 1. The van der Waals surface area contributed by atoms with E-state index in [0.717, 1.165) is 24.3 Å². The van der Waals surface area contributed by atoms with Crippen LogP contribution in [0.4, 0.5) is 8.78 Å². The maximum absolute atomic E-state index is 11.7. The SMILES string of the molecule is O=C1C=CC(=C(F)F)C=C1. The highest BCUT2D eigenvalue weighted by molar-refractivity contribution is 6.01. The molecule has 0 aromatic carbocycles. The molecule has 0 amide bonds. The van der Waals surface area contributed by atoms with Crippen LogP contribution in [0.3, 0.4) is 0 Å². The van der Waals surface area contributed by atoms with E-state index in [9.17, 15) is 13.6 Å². The maximum Gasteiger partial charge on any atom is 0.277 e. The predicted molar refractivity (Wildman–Crippen MR) is 32.5 cm³/mol. The van der Waals surface area contributed by atoms with E-state index in [1.807, 2.05) is 0 Å². The first kappa shape index (κ1) is 6.86. The van der Waals surface area contributed by atoms with Gasteiger partial charge in [0, 0.05) is 5.57 Å². The van der Waals surface area contributed by atoms with Gasteiger partial charge in [0.2, 0.25) is 0 Å². The fourth-order valence-electron chi connectivity index (χ4n) is 0.581. The Morgan fingerprint density at radius 1 is 1.10 bits per heavy atom. The summed E-state index contributed by atoms with van der Waals surface area (Å²) in [6.07, 6.45) is 2.64. The van der Waals surface area contributed by atoms with E-state index in [-0.39, 0.29) is 11.4 Å². The first-order valence-corrected chi connectivity index (χ1v) is 2.65. The highest BCUT2D eigenvalue weighted by Gasteiger charge is 2.03. The Kier molecular flexibility index (Phi) is 1.76. The highest BCUT2D eigenvalue weighted by Crippen LogP contribution is 2.13. The molecule has 0 fully saturated rings. The van der Waals surface area contributed by atoms with Crippen LogP contribution in [0, 0.1) is 0 Å². The average Bonchev–Trinajstić information content (AvgIpc) is 1.88. The van der Waals surface area contributed by atoms with Gasteiger partial charge >= 0.3 is 0 Å². The van der Waals surface area contributed by atoms with Crippen molar-refractivity contribution >= 4 is 5.78 Å². The average molecular weight is 142 g/mol. The summed E-state index contributed by atoms with van der Waals surface area (Å²) in [6, 6.07) is 0. The Bertz CT molecular complexity index is 226. The molecular formula is C7H4F2O. The lowest BCUT2D eigenvalue weighted by Gasteiger charge is -1.95. The Morgan fingerprint density at radius 3 is 2.00 bits per heavy atom. The Balaban J connectivity index is 2.91. The van der Waals surface area contributed by atoms with Crippen molar-refractivity contribution in [2.45, 2.75) is 0 Å². The molecule has 0 saturated carbocycles. The highest BCUT2D eigenvalue weighted by atomic mass is 19.3. The van der Waals surface area contributed by atoms with Gasteiger partial charge in [-0.3, -0.25) is 4.79 Å². The third kappa shape index (κ3) is 1.37. The van der Waals surface area contributed by atoms with Crippen LogP contribution < -0.4 is 0 Å². The Labute approximate surface area is 56.3 Å². The van der Waals surface area contributed by atoms with Crippen LogP contribution in [0.15, 0.2) is 36.0 Å². The van der Waals surface area contributed by atoms with E-state index in [1.165, 1.54) is 0 Å². The summed E-state index contributed by atoms with van der Waals surface area (Å²) in [4.78, 5) is 10.4. The molecule has 3 heteroatoms. The third-order valence-electron chi connectivity index (χ3n) is 1.07. The summed E-state index contributed by atoms with van der Waals surface area (Å²) in [5, 5.41) is 0. The normalized spacial score (nSPS) is 16.2. The van der Waals surface area contributed by atoms with E-state index in [2.05, 4.69) is 0 Å². The topological polar surface area (TPSA) is 17.1 Å². The van der Waals surface area contributed by atoms with Crippen molar-refractivity contribution in [2.24, 2.45) is 0 Å². The van der Waals surface area contributed by atoms with Crippen LogP contribution in [0.25, 0.3) is 0 Å². The van der Waals surface area contributed by atoms with Gasteiger partial charge in [-0.25, -0.2) is 0 Å². The molecule has 0 unspecified atom stereocenters. The van der Waals surface area contributed by atoms with Crippen molar-refractivity contribution in [1.82, 2.24) is 0 Å². The van der Waals surface area contributed by atoms with Crippen molar-refractivity contribution in [2.75, 3.05) is 0 Å². The van der Waals surface area contributed by atoms with E-state index in [1.54, 1.807) is 0 Å². The molecule has 0 bridgehead atoms. The summed E-state index contributed by atoms with van der Waals surface area (Å²) < 4.78 is 23.4. The molecule has 0 N–H and O–H groups in total. The lowest BCUT2D eigenvalue weighted by molar-refractivity contribution is -0.110. The zero-order valence-electron chi connectivity index (χ0n) is 4.97. The van der Waals surface area contributed by atoms with Crippen LogP contribution in [-0.4, -0.2) is 5.78 Å². The van der Waals surface area contributed by atoms with Crippen LogP contribution in [0.5, 0.6) is 0 Å². The molecule has 52 valence electrons. The van der Waals surface area contributed by atoms with Gasteiger partial charge in [-0.15, -0.1) is 0 Å². The van der Waals surface area contributed by atoms with Crippen LogP contribution in [0.2, 0.25) is 0 Å². The molecule has 1 aliphatic carbocycles. The molecule has 0 spiro atoms. The second-order valence-electron chi connectivity index (χ2n) is 1.78. The lowest BCUT2D eigenvalue weighted by Crippen LogP contribution is -1.91. The number of rotatable bonds is 0. The Morgan fingerprint density at radius 2 is 1.60 bits per heavy atom. The van der Waals surface area contributed by atoms with E-state index in [0.29, 0.717) is 0 Å². The molecule has 0 aromatic rings. The van der Waals surface area contributed by atoms with Gasteiger partial charge in [-0.05, 0) is 24.3 Å². The predicted octanol–water partition coefficient (Wildman–Crippen LogP) is 1.83. The van der Waals surface area contributed by atoms with Crippen molar-refractivity contribution in [3.63, 3.8) is 0 Å². The van der Waals surface area contributed by atoms with Crippen LogP contribution in [0.1, 0.15) is 0 Å².